The molecule has 154 valence electrons. The van der Waals surface area contributed by atoms with Gasteiger partial charge >= 0.3 is 0 Å². The molecule has 2 aromatic rings. The third-order valence-electron chi connectivity index (χ3n) is 6.79. The van der Waals surface area contributed by atoms with Gasteiger partial charge in [0, 0.05) is 32.2 Å². The topological polar surface area (TPSA) is 23.6 Å². The smallest absolute Gasteiger partial charge is 0.229 e. The second kappa shape index (κ2) is 9.58. The van der Waals surface area contributed by atoms with E-state index in [0.29, 0.717) is 0 Å². The van der Waals surface area contributed by atoms with E-state index in [9.17, 15) is 4.79 Å². The van der Waals surface area contributed by atoms with Gasteiger partial charge in [-0.05, 0) is 42.9 Å². The van der Waals surface area contributed by atoms with Crippen molar-refractivity contribution in [2.24, 2.45) is 0 Å². The zero-order valence-corrected chi connectivity index (χ0v) is 17.7. The molecule has 2 aliphatic rings. The van der Waals surface area contributed by atoms with Crippen LogP contribution in [-0.4, -0.2) is 47.9 Å². The molecule has 1 aliphatic carbocycles. The quantitative estimate of drug-likeness (QED) is 0.728. The molecule has 3 heteroatoms. The highest BCUT2D eigenvalue weighted by atomic mass is 16.2. The van der Waals surface area contributed by atoms with Crippen LogP contribution >= 0.6 is 0 Å². The number of benzene rings is 2. The average molecular weight is 391 g/mol. The van der Waals surface area contributed by atoms with Gasteiger partial charge in [-0.3, -0.25) is 9.69 Å². The Bertz CT molecular complexity index is 789. The first kappa shape index (κ1) is 20.2. The Morgan fingerprint density at radius 1 is 0.897 bits per heavy atom. The van der Waals surface area contributed by atoms with E-state index in [1.54, 1.807) is 0 Å². The second-order valence-corrected chi connectivity index (χ2v) is 8.78. The molecule has 1 amide bonds. The van der Waals surface area contributed by atoms with Gasteiger partial charge in [0.25, 0.3) is 0 Å². The van der Waals surface area contributed by atoms with Crippen LogP contribution in [0.1, 0.15) is 61.6 Å². The fourth-order valence-corrected chi connectivity index (χ4v) is 4.97. The number of carbonyl (C=O) groups excluding carboxylic acids is 1. The van der Waals surface area contributed by atoms with Crippen LogP contribution in [0.15, 0.2) is 54.6 Å². The minimum Gasteiger partial charge on any atom is -0.340 e. The number of nitrogens with zero attached hydrogens (tertiary/aromatic N) is 2. The Morgan fingerprint density at radius 3 is 2.31 bits per heavy atom. The summed E-state index contributed by atoms with van der Waals surface area (Å²) in [5, 5.41) is 0. The summed E-state index contributed by atoms with van der Waals surface area (Å²) in [7, 11) is 0. The number of hydrogen-bond acceptors (Lipinski definition) is 2. The molecule has 2 aromatic carbocycles. The van der Waals surface area contributed by atoms with Gasteiger partial charge in [0.15, 0.2) is 0 Å². The molecule has 0 radical (unpaired) electrons. The van der Waals surface area contributed by atoms with Crippen LogP contribution in [-0.2, 0) is 11.2 Å². The summed E-state index contributed by atoms with van der Waals surface area (Å²) < 4.78 is 0. The van der Waals surface area contributed by atoms with Crippen LogP contribution in [0.25, 0.3) is 0 Å². The van der Waals surface area contributed by atoms with Gasteiger partial charge in [-0.25, -0.2) is 0 Å². The van der Waals surface area contributed by atoms with Crippen LogP contribution in [0.4, 0.5) is 0 Å². The minimum absolute atomic E-state index is 0.0769. The highest BCUT2D eigenvalue weighted by Gasteiger charge is 2.29. The Morgan fingerprint density at radius 2 is 1.59 bits per heavy atom. The van der Waals surface area contributed by atoms with Gasteiger partial charge < -0.3 is 4.90 Å². The van der Waals surface area contributed by atoms with Gasteiger partial charge in [0.2, 0.25) is 5.91 Å². The molecule has 0 aromatic heterocycles. The van der Waals surface area contributed by atoms with E-state index in [-0.39, 0.29) is 11.8 Å². The molecule has 1 saturated heterocycles. The molecule has 1 atom stereocenters. The summed E-state index contributed by atoms with van der Waals surface area (Å²) >= 11 is 0. The monoisotopic (exact) mass is 390 g/mol. The lowest BCUT2D eigenvalue weighted by Crippen LogP contribution is -2.53. The summed E-state index contributed by atoms with van der Waals surface area (Å²) in [4.78, 5) is 17.9. The highest BCUT2D eigenvalue weighted by molar-refractivity contribution is 5.83. The lowest BCUT2D eigenvalue weighted by Gasteiger charge is -2.41. The molecule has 1 saturated carbocycles. The van der Waals surface area contributed by atoms with Crippen molar-refractivity contribution in [3.63, 3.8) is 0 Å². The molecule has 0 bridgehead atoms. The molecule has 1 aliphatic heterocycles. The summed E-state index contributed by atoms with van der Waals surface area (Å²) in [6, 6.07) is 19.9. The van der Waals surface area contributed by atoms with Gasteiger partial charge in [-0.2, -0.15) is 0 Å². The minimum atomic E-state index is -0.0769. The fraction of sp³-hybridized carbons (Fsp3) is 0.500. The molecule has 3 nitrogen and oxygen atoms in total. The third kappa shape index (κ3) is 5.08. The summed E-state index contributed by atoms with van der Waals surface area (Å²) in [5.74, 6) is 0.206. The van der Waals surface area contributed by atoms with Crippen molar-refractivity contribution in [1.82, 2.24) is 9.80 Å². The Labute approximate surface area is 175 Å². The van der Waals surface area contributed by atoms with Gasteiger partial charge in [-0.15, -0.1) is 0 Å². The molecule has 4 rings (SSSR count). The van der Waals surface area contributed by atoms with E-state index in [2.05, 4.69) is 71.3 Å². The largest absolute Gasteiger partial charge is 0.340 e. The van der Waals surface area contributed by atoms with Crippen molar-refractivity contribution in [1.29, 1.82) is 0 Å². The van der Waals surface area contributed by atoms with Crippen molar-refractivity contribution in [2.45, 2.75) is 57.4 Å². The van der Waals surface area contributed by atoms with E-state index in [1.807, 2.05) is 0 Å². The average Bonchev–Trinajstić information content (AvgIpc) is 2.80. The Hall–Kier alpha value is -2.13. The number of rotatable bonds is 5. The zero-order chi connectivity index (χ0) is 20.1. The van der Waals surface area contributed by atoms with Crippen LogP contribution in [0.2, 0.25) is 0 Å². The molecule has 2 fully saturated rings. The SMILES string of the molecule is CC(C(=O)N1CCN(C2CCCCC2)CC1)c1cccc(Cc2ccccc2)c1. The van der Waals surface area contributed by atoms with Crippen molar-refractivity contribution >= 4 is 5.91 Å². The number of amides is 1. The van der Waals surface area contributed by atoms with Crippen LogP contribution in [0, 0.1) is 0 Å². The van der Waals surface area contributed by atoms with Crippen LogP contribution in [0.3, 0.4) is 0 Å². The summed E-state index contributed by atoms with van der Waals surface area (Å²) in [6.07, 6.45) is 7.75. The Balaban J connectivity index is 1.35. The van der Waals surface area contributed by atoms with Gasteiger partial charge in [-0.1, -0.05) is 73.9 Å². The van der Waals surface area contributed by atoms with Crippen molar-refractivity contribution in [3.05, 3.63) is 71.3 Å². The van der Waals surface area contributed by atoms with Gasteiger partial charge in [0.1, 0.15) is 0 Å². The van der Waals surface area contributed by atoms with Crippen molar-refractivity contribution in [3.8, 4) is 0 Å². The molecule has 0 spiro atoms. The van der Waals surface area contributed by atoms with E-state index in [0.717, 1.165) is 44.2 Å². The zero-order valence-electron chi connectivity index (χ0n) is 17.7. The van der Waals surface area contributed by atoms with Crippen LogP contribution < -0.4 is 0 Å². The highest BCUT2D eigenvalue weighted by Crippen LogP contribution is 2.25. The van der Waals surface area contributed by atoms with E-state index < -0.39 is 0 Å². The predicted octanol–water partition coefficient (Wildman–Crippen LogP) is 4.86. The van der Waals surface area contributed by atoms with Crippen molar-refractivity contribution < 1.29 is 4.79 Å². The number of hydrogen-bond donors (Lipinski definition) is 0. The fourth-order valence-electron chi connectivity index (χ4n) is 4.97. The predicted molar refractivity (Wildman–Crippen MR) is 119 cm³/mol. The molecule has 29 heavy (non-hydrogen) atoms. The van der Waals surface area contributed by atoms with E-state index >= 15 is 0 Å². The number of piperazine rings is 1. The van der Waals surface area contributed by atoms with E-state index in [4.69, 9.17) is 0 Å². The van der Waals surface area contributed by atoms with Crippen LogP contribution in [0.5, 0.6) is 0 Å². The first-order chi connectivity index (χ1) is 14.2. The Kier molecular flexibility index (Phi) is 6.66. The van der Waals surface area contributed by atoms with E-state index in [1.165, 1.54) is 43.2 Å². The molecule has 1 heterocycles. The maximum Gasteiger partial charge on any atom is 0.229 e. The maximum absolute atomic E-state index is 13.2. The standard InChI is InChI=1S/C26H34N2O/c1-21(24-12-8-11-23(20-24)19-22-9-4-2-5-10-22)26(29)28-17-15-27(16-18-28)25-13-6-3-7-14-25/h2,4-5,8-12,20-21,25H,3,6-7,13-19H2,1H3. The van der Waals surface area contributed by atoms with Gasteiger partial charge in [0.05, 0.1) is 5.92 Å². The lowest BCUT2D eigenvalue weighted by atomic mass is 9.93. The third-order valence-corrected chi connectivity index (χ3v) is 6.79. The summed E-state index contributed by atoms with van der Waals surface area (Å²) in [5.41, 5.74) is 3.72. The first-order valence-electron chi connectivity index (χ1n) is 11.4. The number of carbonyl (C=O) groups is 1. The lowest BCUT2D eigenvalue weighted by molar-refractivity contribution is -0.134. The summed E-state index contributed by atoms with van der Waals surface area (Å²) in [6.45, 7) is 5.90. The normalized spacial score (nSPS) is 19.8. The second-order valence-electron chi connectivity index (χ2n) is 8.78. The molecule has 1 unspecified atom stereocenters. The first-order valence-corrected chi connectivity index (χ1v) is 11.4. The molecular formula is C26H34N2O. The van der Waals surface area contributed by atoms with Crippen molar-refractivity contribution in [2.75, 3.05) is 26.2 Å². The molecular weight excluding hydrogens is 356 g/mol. The maximum atomic E-state index is 13.2. The molecule has 0 N–H and O–H groups in total.